The van der Waals surface area contributed by atoms with Gasteiger partial charge in [0.1, 0.15) is 0 Å². The summed E-state index contributed by atoms with van der Waals surface area (Å²) in [6.45, 7) is 15.2. The summed E-state index contributed by atoms with van der Waals surface area (Å²) in [5.41, 5.74) is 2.12. The molecular formula is C16H25NO. The molecule has 0 atom stereocenters. The molecule has 0 bridgehead atoms. The van der Waals surface area contributed by atoms with E-state index >= 15 is 0 Å². The van der Waals surface area contributed by atoms with Gasteiger partial charge >= 0.3 is 0 Å². The Morgan fingerprint density at radius 1 is 1.28 bits per heavy atom. The Hall–Kier alpha value is -1.57. The molecule has 0 spiro atoms. The van der Waals surface area contributed by atoms with Gasteiger partial charge in [-0.3, -0.25) is 4.79 Å². The highest BCUT2D eigenvalue weighted by Gasteiger charge is 2.11. The third kappa shape index (κ3) is 6.89. The first-order valence-corrected chi connectivity index (χ1v) is 6.23. The highest BCUT2D eigenvalue weighted by molar-refractivity contribution is 5.94. The van der Waals surface area contributed by atoms with Crippen molar-refractivity contribution in [1.29, 1.82) is 0 Å². The largest absolute Gasteiger partial charge is 0.352 e. The van der Waals surface area contributed by atoms with Crippen molar-refractivity contribution in [2.75, 3.05) is 6.54 Å². The summed E-state index contributed by atoms with van der Waals surface area (Å²) in [5.74, 6) is 0.0213. The fourth-order valence-corrected chi connectivity index (χ4v) is 1.44. The molecule has 2 heteroatoms. The predicted octanol–water partition coefficient (Wildman–Crippen LogP) is 3.96. The van der Waals surface area contributed by atoms with E-state index in [2.05, 4.69) is 39.2 Å². The number of carbonyl (C=O) groups excluding carboxylic acids is 1. The first-order chi connectivity index (χ1) is 8.38. The zero-order valence-electron chi connectivity index (χ0n) is 12.0. The Bertz CT molecular complexity index is 377. The average Bonchev–Trinajstić information content (AvgIpc) is 2.30. The van der Waals surface area contributed by atoms with Gasteiger partial charge in [0.25, 0.3) is 5.91 Å². The molecule has 1 aromatic carbocycles. The molecule has 0 aliphatic rings. The second-order valence-electron chi connectivity index (χ2n) is 5.44. The fourth-order valence-electron chi connectivity index (χ4n) is 1.44. The maximum Gasteiger partial charge on any atom is 0.251 e. The van der Waals surface area contributed by atoms with Gasteiger partial charge in [-0.05, 0) is 30.9 Å². The van der Waals surface area contributed by atoms with Crippen LogP contribution in [-0.4, -0.2) is 12.5 Å². The minimum atomic E-state index is 0.0213. The molecular weight excluding hydrogens is 222 g/mol. The van der Waals surface area contributed by atoms with Crippen LogP contribution in [0.4, 0.5) is 0 Å². The van der Waals surface area contributed by atoms with E-state index in [0.717, 1.165) is 24.1 Å². The zero-order chi connectivity index (χ0) is 14.2. The lowest BCUT2D eigenvalue weighted by molar-refractivity contribution is 0.0949. The van der Waals surface area contributed by atoms with Crippen molar-refractivity contribution >= 4 is 5.91 Å². The molecule has 0 radical (unpaired) electrons. The molecule has 100 valence electrons. The van der Waals surface area contributed by atoms with Gasteiger partial charge in [0.2, 0.25) is 0 Å². The number of benzene rings is 1. The Balaban J connectivity index is 0.00000137. The summed E-state index contributed by atoms with van der Waals surface area (Å²) in [6.07, 6.45) is 0.991. The minimum Gasteiger partial charge on any atom is -0.352 e. The summed E-state index contributed by atoms with van der Waals surface area (Å²) < 4.78 is 0. The van der Waals surface area contributed by atoms with E-state index < -0.39 is 0 Å². The Kier molecular flexibility index (Phi) is 7.03. The third-order valence-corrected chi connectivity index (χ3v) is 2.44. The van der Waals surface area contributed by atoms with Crippen LogP contribution in [0.15, 0.2) is 37.4 Å². The molecule has 2 nitrogen and oxygen atoms in total. The topological polar surface area (TPSA) is 29.1 Å². The second kappa shape index (κ2) is 7.70. The van der Waals surface area contributed by atoms with E-state index in [-0.39, 0.29) is 11.3 Å². The molecule has 1 N–H and O–H groups in total. The van der Waals surface area contributed by atoms with Crippen molar-refractivity contribution in [3.05, 3.63) is 48.6 Å². The van der Waals surface area contributed by atoms with Crippen LogP contribution >= 0.6 is 0 Å². The van der Waals surface area contributed by atoms with Crippen molar-refractivity contribution in [1.82, 2.24) is 5.32 Å². The maximum absolute atomic E-state index is 11.8. The van der Waals surface area contributed by atoms with E-state index in [1.807, 2.05) is 31.2 Å². The summed E-state index contributed by atoms with van der Waals surface area (Å²) in [7, 11) is 0. The third-order valence-electron chi connectivity index (χ3n) is 2.44. The molecule has 1 rings (SSSR count). The van der Waals surface area contributed by atoms with Gasteiger partial charge in [-0.15, -0.1) is 13.2 Å². The van der Waals surface area contributed by atoms with E-state index in [9.17, 15) is 4.79 Å². The highest BCUT2D eigenvalue weighted by atomic mass is 16.1. The lowest BCUT2D eigenvalue weighted by Crippen LogP contribution is -2.27. The van der Waals surface area contributed by atoms with Crippen molar-refractivity contribution in [2.24, 2.45) is 5.41 Å². The van der Waals surface area contributed by atoms with Crippen LogP contribution in [0.25, 0.3) is 0 Å². The number of amides is 1. The smallest absolute Gasteiger partial charge is 0.251 e. The monoisotopic (exact) mass is 247 g/mol. The van der Waals surface area contributed by atoms with Crippen LogP contribution in [0, 0.1) is 12.3 Å². The van der Waals surface area contributed by atoms with Crippen LogP contribution in [0.2, 0.25) is 0 Å². The number of carbonyl (C=O) groups is 1. The van der Waals surface area contributed by atoms with Gasteiger partial charge in [-0.1, -0.05) is 38.5 Å². The minimum absolute atomic E-state index is 0.0213. The second-order valence-corrected chi connectivity index (χ2v) is 5.44. The maximum atomic E-state index is 11.8. The Labute approximate surface area is 111 Å². The summed E-state index contributed by atoms with van der Waals surface area (Å²) >= 11 is 0. The van der Waals surface area contributed by atoms with Crippen molar-refractivity contribution in [2.45, 2.75) is 34.1 Å². The SMILES string of the molecule is C=C.Cc1cccc(C(=O)NCCC(C)(C)C)c1. The first kappa shape index (κ1) is 16.4. The molecule has 0 aliphatic heterocycles. The fraction of sp³-hybridized carbons (Fsp3) is 0.438. The summed E-state index contributed by atoms with van der Waals surface area (Å²) in [5, 5.41) is 2.94. The Morgan fingerprint density at radius 2 is 1.89 bits per heavy atom. The molecule has 0 fully saturated rings. The van der Waals surface area contributed by atoms with Gasteiger partial charge in [-0.2, -0.15) is 0 Å². The normalized spacial score (nSPS) is 10.2. The predicted molar refractivity (Wildman–Crippen MR) is 78.8 cm³/mol. The highest BCUT2D eigenvalue weighted by Crippen LogP contribution is 2.17. The zero-order valence-corrected chi connectivity index (χ0v) is 12.0. The van der Waals surface area contributed by atoms with Crippen molar-refractivity contribution < 1.29 is 4.79 Å². The van der Waals surface area contributed by atoms with Gasteiger partial charge in [-0.25, -0.2) is 0 Å². The standard InChI is InChI=1S/C14H21NO.C2H4/c1-11-6-5-7-12(10-11)13(16)15-9-8-14(2,3)4;1-2/h5-7,10H,8-9H2,1-4H3,(H,15,16);1-2H2. The van der Waals surface area contributed by atoms with Crippen LogP contribution in [0.1, 0.15) is 43.1 Å². The molecule has 18 heavy (non-hydrogen) atoms. The van der Waals surface area contributed by atoms with E-state index in [1.54, 1.807) is 0 Å². The van der Waals surface area contributed by atoms with Crippen LogP contribution in [0.5, 0.6) is 0 Å². The number of aryl methyl sites for hydroxylation is 1. The molecule has 0 saturated carbocycles. The first-order valence-electron chi connectivity index (χ1n) is 6.23. The molecule has 1 aromatic rings. The molecule has 0 heterocycles. The van der Waals surface area contributed by atoms with E-state index in [0.29, 0.717) is 0 Å². The average molecular weight is 247 g/mol. The number of rotatable bonds is 3. The van der Waals surface area contributed by atoms with Crippen molar-refractivity contribution in [3.63, 3.8) is 0 Å². The van der Waals surface area contributed by atoms with E-state index in [1.165, 1.54) is 0 Å². The lowest BCUT2D eigenvalue weighted by atomic mass is 9.92. The number of nitrogens with one attached hydrogen (secondary N) is 1. The number of hydrogen-bond donors (Lipinski definition) is 1. The van der Waals surface area contributed by atoms with Gasteiger partial charge in [0.05, 0.1) is 0 Å². The van der Waals surface area contributed by atoms with E-state index in [4.69, 9.17) is 0 Å². The lowest BCUT2D eigenvalue weighted by Gasteiger charge is -2.18. The van der Waals surface area contributed by atoms with Gasteiger partial charge in [0, 0.05) is 12.1 Å². The summed E-state index contributed by atoms with van der Waals surface area (Å²) in [6, 6.07) is 7.66. The van der Waals surface area contributed by atoms with Crippen LogP contribution in [-0.2, 0) is 0 Å². The molecule has 0 aliphatic carbocycles. The van der Waals surface area contributed by atoms with Crippen molar-refractivity contribution in [3.8, 4) is 0 Å². The quantitative estimate of drug-likeness (QED) is 0.805. The molecule has 0 aromatic heterocycles. The molecule has 1 amide bonds. The molecule has 0 unspecified atom stereocenters. The molecule has 0 saturated heterocycles. The summed E-state index contributed by atoms with van der Waals surface area (Å²) in [4.78, 5) is 11.8. The van der Waals surface area contributed by atoms with Gasteiger partial charge in [0.15, 0.2) is 0 Å². The van der Waals surface area contributed by atoms with Crippen LogP contribution < -0.4 is 5.32 Å². The van der Waals surface area contributed by atoms with Crippen LogP contribution in [0.3, 0.4) is 0 Å². The number of hydrogen-bond acceptors (Lipinski definition) is 1. The van der Waals surface area contributed by atoms with Gasteiger partial charge < -0.3 is 5.32 Å². The Morgan fingerprint density at radius 3 is 2.39 bits per heavy atom.